The summed E-state index contributed by atoms with van der Waals surface area (Å²) in [7, 11) is 0. The van der Waals surface area contributed by atoms with Crippen LogP contribution in [0.3, 0.4) is 0 Å². The van der Waals surface area contributed by atoms with Crippen molar-refractivity contribution in [3.05, 3.63) is 73.6 Å². The number of hydrogen-bond donors (Lipinski definition) is 1. The number of rotatable bonds is 2. The summed E-state index contributed by atoms with van der Waals surface area (Å²) in [5.74, 6) is 1.44. The van der Waals surface area contributed by atoms with Gasteiger partial charge in [-0.1, -0.05) is 17.7 Å². The first-order valence-corrected chi connectivity index (χ1v) is 9.55. The zero-order valence-corrected chi connectivity index (χ0v) is 15.4. The molecule has 2 bridgehead atoms. The molecule has 27 heavy (non-hydrogen) atoms. The van der Waals surface area contributed by atoms with Crippen molar-refractivity contribution in [2.24, 2.45) is 5.92 Å². The molecule has 1 aromatic carbocycles. The van der Waals surface area contributed by atoms with Crippen LogP contribution in [0.5, 0.6) is 0 Å². The van der Waals surface area contributed by atoms with Crippen molar-refractivity contribution in [1.82, 2.24) is 19.4 Å². The van der Waals surface area contributed by atoms with Crippen molar-refractivity contribution in [2.75, 3.05) is 13.1 Å². The first-order chi connectivity index (χ1) is 13.1. The highest BCUT2D eigenvalue weighted by molar-refractivity contribution is 6.31. The lowest BCUT2D eigenvalue weighted by molar-refractivity contribution is 0.112. The molecule has 5 rings (SSSR count). The molecule has 1 N–H and O–H groups in total. The zero-order valence-electron chi connectivity index (χ0n) is 14.7. The van der Waals surface area contributed by atoms with E-state index in [2.05, 4.69) is 20.9 Å². The molecule has 0 radical (unpaired) electrons. The van der Waals surface area contributed by atoms with Crippen LogP contribution in [0.25, 0.3) is 10.9 Å². The number of nitrogens with zero attached hydrogens (tertiary/aromatic N) is 3. The molecule has 7 heteroatoms. The molecule has 0 amide bonds. The van der Waals surface area contributed by atoms with Gasteiger partial charge in [0.15, 0.2) is 0 Å². The topological polar surface area (TPSA) is 71.0 Å². The van der Waals surface area contributed by atoms with Gasteiger partial charge in [0, 0.05) is 42.3 Å². The molecule has 0 spiro atoms. The SMILES string of the molecule is O=c1[nH]c(CN2CC3CC(C2)c2cccc(=O)n2C3)nc2cc(Cl)ccc12. The summed E-state index contributed by atoms with van der Waals surface area (Å²) in [5, 5.41) is 1.12. The van der Waals surface area contributed by atoms with Crippen molar-refractivity contribution < 1.29 is 0 Å². The summed E-state index contributed by atoms with van der Waals surface area (Å²) in [5.41, 5.74) is 1.69. The van der Waals surface area contributed by atoms with Crippen molar-refractivity contribution in [1.29, 1.82) is 0 Å². The van der Waals surface area contributed by atoms with Gasteiger partial charge in [0.1, 0.15) is 5.82 Å². The molecule has 2 aliphatic heterocycles. The van der Waals surface area contributed by atoms with Gasteiger partial charge in [0.25, 0.3) is 11.1 Å². The van der Waals surface area contributed by atoms with E-state index in [1.54, 1.807) is 24.3 Å². The van der Waals surface area contributed by atoms with E-state index in [4.69, 9.17) is 11.6 Å². The number of aromatic nitrogens is 3. The second-order valence-corrected chi connectivity index (χ2v) is 8.00. The molecule has 0 saturated carbocycles. The monoisotopic (exact) mass is 382 g/mol. The van der Waals surface area contributed by atoms with Crippen LogP contribution in [0.1, 0.15) is 23.9 Å². The van der Waals surface area contributed by atoms with Crippen molar-refractivity contribution in [3.8, 4) is 0 Å². The van der Waals surface area contributed by atoms with Gasteiger partial charge in [-0.3, -0.25) is 14.5 Å². The molecule has 4 heterocycles. The quantitative estimate of drug-likeness (QED) is 0.738. The Morgan fingerprint density at radius 2 is 2.04 bits per heavy atom. The number of benzene rings is 1. The predicted molar refractivity (Wildman–Crippen MR) is 104 cm³/mol. The second-order valence-electron chi connectivity index (χ2n) is 7.57. The highest BCUT2D eigenvalue weighted by Gasteiger charge is 2.34. The van der Waals surface area contributed by atoms with Gasteiger partial charge in [0.2, 0.25) is 0 Å². The van der Waals surface area contributed by atoms with Crippen LogP contribution in [0.4, 0.5) is 0 Å². The molecular formula is C20H19ClN4O2. The lowest BCUT2D eigenvalue weighted by Crippen LogP contribution is -2.46. The van der Waals surface area contributed by atoms with E-state index in [0.29, 0.717) is 40.1 Å². The minimum Gasteiger partial charge on any atom is -0.312 e. The number of pyridine rings is 1. The fraction of sp³-hybridized carbons (Fsp3) is 0.350. The first-order valence-electron chi connectivity index (χ1n) is 9.17. The lowest BCUT2D eigenvalue weighted by atomic mass is 9.83. The second kappa shape index (κ2) is 6.32. The van der Waals surface area contributed by atoms with Crippen molar-refractivity contribution >= 4 is 22.5 Å². The fourth-order valence-corrected chi connectivity index (χ4v) is 4.74. The average molecular weight is 383 g/mol. The molecule has 6 nitrogen and oxygen atoms in total. The highest BCUT2D eigenvalue weighted by atomic mass is 35.5. The number of aromatic amines is 1. The number of hydrogen-bond acceptors (Lipinski definition) is 4. The Hall–Kier alpha value is -2.44. The van der Waals surface area contributed by atoms with Gasteiger partial charge in [0.05, 0.1) is 17.4 Å². The van der Waals surface area contributed by atoms with Crippen molar-refractivity contribution in [3.63, 3.8) is 0 Å². The fourth-order valence-electron chi connectivity index (χ4n) is 4.57. The Bertz CT molecular complexity index is 1150. The summed E-state index contributed by atoms with van der Waals surface area (Å²) < 4.78 is 1.92. The maximum Gasteiger partial charge on any atom is 0.258 e. The Labute approximate surface area is 160 Å². The van der Waals surface area contributed by atoms with Crippen LogP contribution in [0, 0.1) is 5.92 Å². The number of nitrogens with one attached hydrogen (secondary N) is 1. The Balaban J connectivity index is 1.44. The molecule has 2 aliphatic rings. The minimum atomic E-state index is -0.138. The van der Waals surface area contributed by atoms with Gasteiger partial charge in [-0.05, 0) is 36.6 Å². The number of likely N-dealkylation sites (tertiary alicyclic amines) is 1. The molecule has 2 unspecified atom stereocenters. The van der Waals surface area contributed by atoms with Gasteiger partial charge >= 0.3 is 0 Å². The van der Waals surface area contributed by atoms with E-state index in [1.165, 1.54) is 0 Å². The average Bonchev–Trinajstić information content (AvgIpc) is 2.62. The van der Waals surface area contributed by atoms with Crippen LogP contribution in [0.2, 0.25) is 5.02 Å². The predicted octanol–water partition coefficient (Wildman–Crippen LogP) is 2.36. The van der Waals surface area contributed by atoms with E-state index >= 15 is 0 Å². The Morgan fingerprint density at radius 1 is 1.15 bits per heavy atom. The van der Waals surface area contributed by atoms with Crippen LogP contribution >= 0.6 is 11.6 Å². The number of fused-ring (bicyclic) bond motifs is 5. The molecular weight excluding hydrogens is 364 g/mol. The zero-order chi connectivity index (χ0) is 18.5. The normalized spacial score (nSPS) is 22.0. The smallest absolute Gasteiger partial charge is 0.258 e. The van der Waals surface area contributed by atoms with Gasteiger partial charge in [-0.15, -0.1) is 0 Å². The molecule has 3 aromatic rings. The summed E-state index contributed by atoms with van der Waals surface area (Å²) >= 11 is 6.05. The summed E-state index contributed by atoms with van der Waals surface area (Å²) in [6.07, 6.45) is 1.11. The van der Waals surface area contributed by atoms with E-state index in [-0.39, 0.29) is 11.1 Å². The number of H-pyrrole nitrogens is 1. The Morgan fingerprint density at radius 3 is 2.93 bits per heavy atom. The molecule has 138 valence electrons. The Kier molecular flexibility index (Phi) is 3.91. The summed E-state index contributed by atoms with van der Waals surface area (Å²) in [4.78, 5) is 34.3. The highest BCUT2D eigenvalue weighted by Crippen LogP contribution is 2.35. The van der Waals surface area contributed by atoms with Crippen LogP contribution in [-0.4, -0.2) is 32.5 Å². The van der Waals surface area contributed by atoms with Gasteiger partial charge in [-0.2, -0.15) is 0 Å². The molecule has 1 saturated heterocycles. The summed E-state index contributed by atoms with van der Waals surface area (Å²) in [6.45, 7) is 3.10. The number of halogens is 1. The largest absolute Gasteiger partial charge is 0.312 e. The molecule has 0 aliphatic carbocycles. The summed E-state index contributed by atoms with van der Waals surface area (Å²) in [6, 6.07) is 10.7. The van der Waals surface area contributed by atoms with E-state index in [0.717, 1.165) is 31.7 Å². The van der Waals surface area contributed by atoms with Gasteiger partial charge in [-0.25, -0.2) is 4.98 Å². The standard InChI is InChI=1S/C20H19ClN4O2/c21-14-4-5-15-16(7-14)22-18(23-20(15)27)11-24-8-12-6-13(10-24)17-2-1-3-19(26)25(17)9-12/h1-5,7,12-13H,6,8-11H2,(H,22,23,27). The van der Waals surface area contributed by atoms with Crippen LogP contribution in [0.15, 0.2) is 46.0 Å². The van der Waals surface area contributed by atoms with Crippen LogP contribution in [-0.2, 0) is 13.1 Å². The van der Waals surface area contributed by atoms with Crippen molar-refractivity contribution in [2.45, 2.75) is 25.4 Å². The molecule has 2 aromatic heterocycles. The van der Waals surface area contributed by atoms with E-state index in [9.17, 15) is 9.59 Å². The third-order valence-corrected chi connectivity index (χ3v) is 5.88. The van der Waals surface area contributed by atoms with Gasteiger partial charge < -0.3 is 9.55 Å². The minimum absolute atomic E-state index is 0.0908. The van der Waals surface area contributed by atoms with E-state index < -0.39 is 0 Å². The first kappa shape index (κ1) is 16.7. The van der Waals surface area contributed by atoms with Crippen LogP contribution < -0.4 is 11.1 Å². The van der Waals surface area contributed by atoms with E-state index in [1.807, 2.05) is 10.6 Å². The third kappa shape index (κ3) is 2.99. The molecule has 2 atom stereocenters. The maximum absolute atomic E-state index is 12.4. The third-order valence-electron chi connectivity index (χ3n) is 5.65. The lowest BCUT2D eigenvalue weighted by Gasteiger charge is -2.42. The molecule has 1 fully saturated rings. The maximum atomic E-state index is 12.4. The number of piperidine rings is 1.